The first-order valence-electron chi connectivity index (χ1n) is 7.96. The number of carbonyl (C=O) groups excluding carboxylic acids is 2. The van der Waals surface area contributed by atoms with Crippen LogP contribution in [0.2, 0.25) is 0 Å². The summed E-state index contributed by atoms with van der Waals surface area (Å²) >= 11 is 0. The van der Waals surface area contributed by atoms with Gasteiger partial charge in [-0.25, -0.2) is 0 Å². The summed E-state index contributed by atoms with van der Waals surface area (Å²) in [6.45, 7) is 2.79. The Kier molecular flexibility index (Phi) is 4.27. The highest BCUT2D eigenvalue weighted by molar-refractivity contribution is 5.93. The van der Waals surface area contributed by atoms with Gasteiger partial charge in [0.05, 0.1) is 6.04 Å². The number of hydrogen-bond acceptors (Lipinski definition) is 3. The van der Waals surface area contributed by atoms with Crippen molar-refractivity contribution in [3.05, 3.63) is 17.5 Å². The van der Waals surface area contributed by atoms with Gasteiger partial charge in [-0.2, -0.15) is 18.3 Å². The summed E-state index contributed by atoms with van der Waals surface area (Å²) in [6.07, 6.45) is -2.36. The molecule has 1 saturated heterocycles. The molecule has 3 rings (SSSR count). The van der Waals surface area contributed by atoms with Crippen LogP contribution in [0.15, 0.2) is 6.07 Å². The summed E-state index contributed by atoms with van der Waals surface area (Å²) in [7, 11) is 0. The molecule has 0 spiro atoms. The lowest BCUT2D eigenvalue weighted by atomic mass is 10.1. The second-order valence-electron chi connectivity index (χ2n) is 6.43. The number of halogens is 3. The molecule has 0 bridgehead atoms. The van der Waals surface area contributed by atoms with Crippen LogP contribution in [-0.4, -0.2) is 46.1 Å². The Labute approximate surface area is 137 Å². The Balaban J connectivity index is 1.73. The zero-order valence-corrected chi connectivity index (χ0v) is 13.3. The number of carbonyl (C=O) groups is 2. The fraction of sp³-hybridized carbons (Fsp3) is 0.667. The van der Waals surface area contributed by atoms with Crippen LogP contribution in [0, 0.1) is 5.92 Å². The zero-order valence-electron chi connectivity index (χ0n) is 13.3. The predicted molar refractivity (Wildman–Crippen MR) is 78.2 cm³/mol. The van der Waals surface area contributed by atoms with E-state index in [1.54, 1.807) is 4.90 Å². The van der Waals surface area contributed by atoms with E-state index < -0.39 is 17.8 Å². The minimum atomic E-state index is -4.56. The number of nitrogens with one attached hydrogen (secondary N) is 1. The summed E-state index contributed by atoms with van der Waals surface area (Å²) in [5.41, 5.74) is -1.02. The molecular formula is C15H19F3N4O2. The molecule has 1 unspecified atom stereocenters. The summed E-state index contributed by atoms with van der Waals surface area (Å²) in [4.78, 5) is 25.1. The molecule has 9 heteroatoms. The highest BCUT2D eigenvalue weighted by atomic mass is 19.4. The predicted octanol–water partition coefficient (Wildman–Crippen LogP) is 1.83. The number of hydrogen-bond donors (Lipinski definition) is 1. The molecular weight excluding hydrogens is 325 g/mol. The third kappa shape index (κ3) is 3.54. The lowest BCUT2D eigenvalue weighted by Gasteiger charge is -2.17. The number of aromatic nitrogens is 2. The highest BCUT2D eigenvalue weighted by Gasteiger charge is 2.40. The normalized spacial score (nSPS) is 21.2. The average Bonchev–Trinajstić information content (AvgIpc) is 3.06. The Morgan fingerprint density at radius 1 is 1.33 bits per heavy atom. The minimum absolute atomic E-state index is 0.00463. The molecule has 1 saturated carbocycles. The first-order chi connectivity index (χ1) is 11.3. The molecule has 0 radical (unpaired) electrons. The smallest absolute Gasteiger partial charge is 0.356 e. The molecule has 24 heavy (non-hydrogen) atoms. The van der Waals surface area contributed by atoms with Crippen LogP contribution in [-0.2, 0) is 11.0 Å². The maximum atomic E-state index is 12.9. The van der Waals surface area contributed by atoms with Gasteiger partial charge in [0.1, 0.15) is 5.69 Å². The van der Waals surface area contributed by atoms with Crippen molar-refractivity contribution in [2.24, 2.45) is 5.92 Å². The SMILES string of the molecule is CC(=O)NCC1CCN(C(=O)c2cc(C(F)(F)F)nn2C2CC2)C1. The first kappa shape index (κ1) is 16.8. The Bertz CT molecular complexity index is 652. The van der Waals surface area contributed by atoms with Crippen molar-refractivity contribution in [1.29, 1.82) is 0 Å². The highest BCUT2D eigenvalue weighted by Crippen LogP contribution is 2.38. The molecule has 1 N–H and O–H groups in total. The molecule has 1 aromatic rings. The van der Waals surface area contributed by atoms with E-state index in [0.717, 1.165) is 25.3 Å². The van der Waals surface area contributed by atoms with Crippen molar-refractivity contribution in [3.63, 3.8) is 0 Å². The van der Waals surface area contributed by atoms with Crippen molar-refractivity contribution < 1.29 is 22.8 Å². The Hall–Kier alpha value is -2.06. The van der Waals surface area contributed by atoms with Crippen LogP contribution in [0.1, 0.15) is 48.4 Å². The molecule has 2 aliphatic rings. The monoisotopic (exact) mass is 344 g/mol. The second-order valence-corrected chi connectivity index (χ2v) is 6.43. The number of alkyl halides is 3. The van der Waals surface area contributed by atoms with Crippen LogP contribution in [0.4, 0.5) is 13.2 Å². The lowest BCUT2D eigenvalue weighted by molar-refractivity contribution is -0.141. The van der Waals surface area contributed by atoms with Gasteiger partial charge in [0, 0.05) is 32.6 Å². The lowest BCUT2D eigenvalue weighted by Crippen LogP contribution is -2.33. The molecule has 1 aliphatic heterocycles. The van der Waals surface area contributed by atoms with Gasteiger partial charge in [0.2, 0.25) is 5.91 Å². The third-order valence-electron chi connectivity index (χ3n) is 4.35. The van der Waals surface area contributed by atoms with E-state index in [-0.39, 0.29) is 23.6 Å². The molecule has 1 atom stereocenters. The molecule has 2 fully saturated rings. The molecule has 2 amide bonds. The van der Waals surface area contributed by atoms with E-state index in [9.17, 15) is 22.8 Å². The number of likely N-dealkylation sites (tertiary alicyclic amines) is 1. The summed E-state index contributed by atoms with van der Waals surface area (Å²) in [5, 5.41) is 6.31. The second kappa shape index (κ2) is 6.10. The van der Waals surface area contributed by atoms with Crippen molar-refractivity contribution in [3.8, 4) is 0 Å². The number of amides is 2. The molecule has 6 nitrogen and oxygen atoms in total. The van der Waals surface area contributed by atoms with E-state index in [0.29, 0.717) is 19.6 Å². The number of rotatable bonds is 4. The van der Waals surface area contributed by atoms with Gasteiger partial charge in [-0.05, 0) is 25.2 Å². The maximum Gasteiger partial charge on any atom is 0.435 e. The zero-order chi connectivity index (χ0) is 17.5. The van der Waals surface area contributed by atoms with Crippen molar-refractivity contribution in [1.82, 2.24) is 20.0 Å². The fourth-order valence-electron chi connectivity index (χ4n) is 2.92. The quantitative estimate of drug-likeness (QED) is 0.906. The summed E-state index contributed by atoms with van der Waals surface area (Å²) in [5.74, 6) is -0.436. The topological polar surface area (TPSA) is 67.2 Å². The van der Waals surface area contributed by atoms with Gasteiger partial charge in [-0.1, -0.05) is 0 Å². The van der Waals surface area contributed by atoms with Crippen molar-refractivity contribution in [2.75, 3.05) is 19.6 Å². The maximum absolute atomic E-state index is 12.9. The van der Waals surface area contributed by atoms with Gasteiger partial charge < -0.3 is 10.2 Å². The van der Waals surface area contributed by atoms with Crippen LogP contribution in [0.25, 0.3) is 0 Å². The van der Waals surface area contributed by atoms with Gasteiger partial charge in [0.25, 0.3) is 5.91 Å². The molecule has 1 aromatic heterocycles. The van der Waals surface area contributed by atoms with E-state index in [4.69, 9.17) is 0 Å². The molecule has 0 aromatic carbocycles. The Morgan fingerprint density at radius 3 is 2.62 bits per heavy atom. The van der Waals surface area contributed by atoms with E-state index in [1.807, 2.05) is 0 Å². The van der Waals surface area contributed by atoms with Crippen LogP contribution < -0.4 is 5.32 Å². The van der Waals surface area contributed by atoms with Crippen molar-refractivity contribution >= 4 is 11.8 Å². The molecule has 1 aliphatic carbocycles. The van der Waals surface area contributed by atoms with Crippen molar-refractivity contribution in [2.45, 2.75) is 38.4 Å². The van der Waals surface area contributed by atoms with Crippen LogP contribution >= 0.6 is 0 Å². The van der Waals surface area contributed by atoms with E-state index in [1.165, 1.54) is 11.6 Å². The van der Waals surface area contributed by atoms with Gasteiger partial charge in [-0.3, -0.25) is 14.3 Å². The molecule has 2 heterocycles. The van der Waals surface area contributed by atoms with Gasteiger partial charge in [0.15, 0.2) is 5.69 Å². The summed E-state index contributed by atoms with van der Waals surface area (Å²) in [6, 6.07) is 0.736. The third-order valence-corrected chi connectivity index (χ3v) is 4.35. The van der Waals surface area contributed by atoms with E-state index in [2.05, 4.69) is 10.4 Å². The average molecular weight is 344 g/mol. The largest absolute Gasteiger partial charge is 0.435 e. The minimum Gasteiger partial charge on any atom is -0.356 e. The Morgan fingerprint density at radius 2 is 2.04 bits per heavy atom. The first-order valence-corrected chi connectivity index (χ1v) is 7.96. The van der Waals surface area contributed by atoms with Gasteiger partial charge in [-0.15, -0.1) is 0 Å². The summed E-state index contributed by atoms with van der Waals surface area (Å²) < 4.78 is 39.9. The van der Waals surface area contributed by atoms with E-state index >= 15 is 0 Å². The molecule has 132 valence electrons. The van der Waals surface area contributed by atoms with Crippen LogP contribution in [0.3, 0.4) is 0 Å². The fourth-order valence-corrected chi connectivity index (χ4v) is 2.92. The van der Waals surface area contributed by atoms with Gasteiger partial charge >= 0.3 is 6.18 Å². The number of nitrogens with zero attached hydrogens (tertiary/aromatic N) is 3. The standard InChI is InChI=1S/C15H19F3N4O2/c1-9(23)19-7-10-4-5-21(8-10)14(24)12-6-13(15(16,17)18)20-22(12)11-2-3-11/h6,10-11H,2-5,7-8H2,1H3,(H,19,23). The van der Waals surface area contributed by atoms with Crippen LogP contribution in [0.5, 0.6) is 0 Å².